The highest BCUT2D eigenvalue weighted by molar-refractivity contribution is 6.08. The summed E-state index contributed by atoms with van der Waals surface area (Å²) in [5, 5.41) is 20.8. The third kappa shape index (κ3) is 3.62. The second kappa shape index (κ2) is 8.05. The predicted molar refractivity (Wildman–Crippen MR) is 94.3 cm³/mol. The highest BCUT2D eigenvalue weighted by atomic mass is 16.5. The van der Waals surface area contributed by atoms with Crippen LogP contribution in [-0.4, -0.2) is 23.3 Å². The van der Waals surface area contributed by atoms with Crippen LogP contribution in [0.2, 0.25) is 0 Å². The lowest BCUT2D eigenvalue weighted by atomic mass is 9.90. The summed E-state index contributed by atoms with van der Waals surface area (Å²) >= 11 is 0. The van der Waals surface area contributed by atoms with Crippen molar-refractivity contribution in [2.24, 2.45) is 0 Å². The maximum atomic E-state index is 12.4. The van der Waals surface area contributed by atoms with Gasteiger partial charge in [0.2, 0.25) is 0 Å². The summed E-state index contributed by atoms with van der Waals surface area (Å²) in [7, 11) is 1.18. The number of hydrogen-bond acceptors (Lipinski definition) is 6. The van der Waals surface area contributed by atoms with Crippen molar-refractivity contribution in [1.29, 1.82) is 0 Å². The lowest BCUT2D eigenvalue weighted by Crippen LogP contribution is -2.14. The van der Waals surface area contributed by atoms with E-state index in [0.717, 1.165) is 25.7 Å². The molecule has 6 heteroatoms. The number of rotatable bonds is 7. The zero-order chi connectivity index (χ0) is 18.6. The summed E-state index contributed by atoms with van der Waals surface area (Å²) in [6, 6.07) is 2.58. The molecule has 1 aromatic carbocycles. The van der Waals surface area contributed by atoms with E-state index < -0.39 is 11.6 Å². The number of methoxy groups -OCH3 is 1. The molecule has 0 saturated carbocycles. The average molecular weight is 348 g/mol. The van der Waals surface area contributed by atoms with Crippen LogP contribution >= 0.6 is 0 Å². The molecule has 0 aliphatic carbocycles. The van der Waals surface area contributed by atoms with Crippen molar-refractivity contribution in [3.63, 3.8) is 0 Å². The lowest BCUT2D eigenvalue weighted by molar-refractivity contribution is 0.0599. The summed E-state index contributed by atoms with van der Waals surface area (Å²) in [4.78, 5) is 24.5. The molecule has 6 nitrogen and oxygen atoms in total. The van der Waals surface area contributed by atoms with Gasteiger partial charge in [-0.25, -0.2) is 9.59 Å². The van der Waals surface area contributed by atoms with Gasteiger partial charge in [-0.15, -0.1) is 0 Å². The Balaban J connectivity index is 2.69. The smallest absolute Gasteiger partial charge is 0.343 e. The van der Waals surface area contributed by atoms with Crippen LogP contribution < -0.4 is 5.63 Å². The number of carbonyl (C=O) groups is 1. The first-order valence-electron chi connectivity index (χ1n) is 8.56. The van der Waals surface area contributed by atoms with Crippen molar-refractivity contribution in [3.8, 4) is 11.5 Å². The maximum Gasteiger partial charge on any atom is 0.343 e. The maximum absolute atomic E-state index is 12.4. The van der Waals surface area contributed by atoms with Crippen LogP contribution in [0, 0.1) is 0 Å². The second-order valence-corrected chi connectivity index (χ2v) is 6.08. The highest BCUT2D eigenvalue weighted by Crippen LogP contribution is 2.39. The monoisotopic (exact) mass is 348 g/mol. The highest BCUT2D eigenvalue weighted by Gasteiger charge is 2.26. The van der Waals surface area contributed by atoms with Crippen LogP contribution in [0.1, 0.15) is 67.8 Å². The molecule has 0 saturated heterocycles. The Bertz CT molecular complexity index is 821. The van der Waals surface area contributed by atoms with Crippen LogP contribution in [0.15, 0.2) is 21.3 Å². The predicted octanol–water partition coefficient (Wildman–Crippen LogP) is 4.06. The molecule has 1 aromatic heterocycles. The van der Waals surface area contributed by atoms with Gasteiger partial charge >= 0.3 is 11.6 Å². The Labute approximate surface area is 146 Å². The number of unbranched alkanes of at least 4 members (excludes halogenated alkanes) is 2. The fraction of sp³-hybridized carbons (Fsp3) is 0.474. The van der Waals surface area contributed by atoms with E-state index in [1.807, 2.05) is 6.92 Å². The Hall–Kier alpha value is -2.50. The number of carbonyl (C=O) groups excluding carboxylic acids is 1. The average Bonchev–Trinajstić information content (AvgIpc) is 2.60. The number of aromatic hydroxyl groups is 2. The van der Waals surface area contributed by atoms with Crippen LogP contribution in [-0.2, 0) is 4.74 Å². The normalized spacial score (nSPS) is 12.3. The molecule has 0 aliphatic heterocycles. The van der Waals surface area contributed by atoms with Crippen LogP contribution in [0.5, 0.6) is 11.5 Å². The molecule has 136 valence electrons. The first-order valence-corrected chi connectivity index (χ1v) is 8.56. The van der Waals surface area contributed by atoms with Gasteiger partial charge < -0.3 is 19.4 Å². The summed E-state index contributed by atoms with van der Waals surface area (Å²) in [6.07, 6.45) is 4.40. The SMILES string of the molecule is CCCCCC(CC)c1c(O)c2c(C(=O)OC)c(O)ccc2oc1=O. The van der Waals surface area contributed by atoms with Gasteiger partial charge in [0.25, 0.3) is 0 Å². The number of benzene rings is 1. The molecule has 2 rings (SSSR count). The third-order valence-electron chi connectivity index (χ3n) is 4.51. The van der Waals surface area contributed by atoms with Crippen LogP contribution in [0.25, 0.3) is 11.0 Å². The summed E-state index contributed by atoms with van der Waals surface area (Å²) < 4.78 is 10.0. The molecule has 2 N–H and O–H groups in total. The first-order chi connectivity index (χ1) is 12.0. The van der Waals surface area contributed by atoms with Gasteiger partial charge in [-0.05, 0) is 30.9 Å². The number of esters is 1. The standard InChI is InChI=1S/C19H24O6/c1-4-6-7-8-11(5-2)14-17(21)16-13(25-19(14)23)10-9-12(20)15(16)18(22)24-3/h9-11,20-21H,4-8H2,1-3H3. The van der Waals surface area contributed by atoms with Gasteiger partial charge in [0.15, 0.2) is 0 Å². The number of phenolic OH excluding ortho intramolecular Hbond substituents is 1. The van der Waals surface area contributed by atoms with E-state index in [2.05, 4.69) is 11.7 Å². The fourth-order valence-electron chi connectivity index (χ4n) is 3.14. The summed E-state index contributed by atoms with van der Waals surface area (Å²) in [5.41, 5.74) is -0.629. The largest absolute Gasteiger partial charge is 0.507 e. The minimum Gasteiger partial charge on any atom is -0.507 e. The molecule has 0 aliphatic rings. The molecule has 0 amide bonds. The van der Waals surface area contributed by atoms with E-state index in [1.54, 1.807) is 0 Å². The van der Waals surface area contributed by atoms with Crippen molar-refractivity contribution in [1.82, 2.24) is 0 Å². The van der Waals surface area contributed by atoms with E-state index in [9.17, 15) is 19.8 Å². The van der Waals surface area contributed by atoms with Gasteiger partial charge in [-0.2, -0.15) is 0 Å². The van der Waals surface area contributed by atoms with E-state index in [0.29, 0.717) is 6.42 Å². The van der Waals surface area contributed by atoms with E-state index in [-0.39, 0.29) is 39.5 Å². The Kier molecular flexibility index (Phi) is 6.07. The van der Waals surface area contributed by atoms with Crippen molar-refractivity contribution < 1.29 is 24.2 Å². The lowest BCUT2D eigenvalue weighted by Gasteiger charge is -2.17. The topological polar surface area (TPSA) is 97.0 Å². The molecule has 1 heterocycles. The van der Waals surface area contributed by atoms with E-state index >= 15 is 0 Å². The molecule has 2 aromatic rings. The number of ether oxygens (including phenoxy) is 1. The van der Waals surface area contributed by atoms with Gasteiger partial charge in [-0.1, -0.05) is 33.1 Å². The quantitative estimate of drug-likeness (QED) is 0.445. The van der Waals surface area contributed by atoms with Gasteiger partial charge in [0.05, 0.1) is 18.1 Å². The van der Waals surface area contributed by atoms with E-state index in [4.69, 9.17) is 4.42 Å². The molecule has 1 atom stereocenters. The fourth-order valence-corrected chi connectivity index (χ4v) is 3.14. The van der Waals surface area contributed by atoms with Gasteiger partial charge in [-0.3, -0.25) is 0 Å². The van der Waals surface area contributed by atoms with Crippen LogP contribution in [0.3, 0.4) is 0 Å². The Morgan fingerprint density at radius 3 is 2.56 bits per heavy atom. The summed E-state index contributed by atoms with van der Waals surface area (Å²) in [5.74, 6) is -1.64. The Morgan fingerprint density at radius 1 is 1.24 bits per heavy atom. The Morgan fingerprint density at radius 2 is 1.96 bits per heavy atom. The molecule has 1 unspecified atom stereocenters. The molecule has 0 bridgehead atoms. The zero-order valence-electron chi connectivity index (χ0n) is 14.8. The van der Waals surface area contributed by atoms with Crippen molar-refractivity contribution in [2.45, 2.75) is 51.9 Å². The summed E-state index contributed by atoms with van der Waals surface area (Å²) in [6.45, 7) is 4.03. The van der Waals surface area contributed by atoms with Crippen molar-refractivity contribution in [3.05, 3.63) is 33.7 Å². The van der Waals surface area contributed by atoms with Crippen LogP contribution in [0.4, 0.5) is 0 Å². The molecular formula is C19H24O6. The molecular weight excluding hydrogens is 324 g/mol. The third-order valence-corrected chi connectivity index (χ3v) is 4.51. The molecule has 0 spiro atoms. The molecule has 0 radical (unpaired) electrons. The first kappa shape index (κ1) is 18.8. The number of phenols is 1. The van der Waals surface area contributed by atoms with Gasteiger partial charge in [0.1, 0.15) is 22.6 Å². The zero-order valence-corrected chi connectivity index (χ0v) is 14.8. The van der Waals surface area contributed by atoms with Crippen molar-refractivity contribution >= 4 is 16.9 Å². The number of hydrogen-bond donors (Lipinski definition) is 2. The number of fused-ring (bicyclic) bond motifs is 1. The van der Waals surface area contributed by atoms with Gasteiger partial charge in [0, 0.05) is 0 Å². The minimum atomic E-state index is -0.808. The molecule has 25 heavy (non-hydrogen) atoms. The van der Waals surface area contributed by atoms with E-state index in [1.165, 1.54) is 19.2 Å². The second-order valence-electron chi connectivity index (χ2n) is 6.08. The minimum absolute atomic E-state index is 0.00962. The van der Waals surface area contributed by atoms with Crippen molar-refractivity contribution in [2.75, 3.05) is 7.11 Å². The molecule has 0 fully saturated rings.